The van der Waals surface area contributed by atoms with E-state index in [0.29, 0.717) is 0 Å². The summed E-state index contributed by atoms with van der Waals surface area (Å²) in [6.07, 6.45) is -7.35. The number of halogens is 3. The molecule has 60 valence electrons. The number of aldehydes is 1. The molecule has 0 saturated carbocycles. The van der Waals surface area contributed by atoms with E-state index in [2.05, 4.69) is 4.74 Å². The fourth-order valence-electron chi connectivity index (χ4n) is 0.449. The summed E-state index contributed by atoms with van der Waals surface area (Å²) in [6, 6.07) is 0. The maximum absolute atomic E-state index is 12.1. The van der Waals surface area contributed by atoms with Gasteiger partial charge in [-0.2, -0.15) is 0 Å². The summed E-state index contributed by atoms with van der Waals surface area (Å²) in [5, 5.41) is 0. The van der Waals surface area contributed by atoms with Gasteiger partial charge in [-0.15, -0.1) is 0 Å². The first-order chi connectivity index (χ1) is 4.63. The maximum atomic E-state index is 12.1. The zero-order valence-electron chi connectivity index (χ0n) is 5.26. The number of methoxy groups -OCH3 is 1. The van der Waals surface area contributed by atoms with Gasteiger partial charge in [0.25, 0.3) is 6.43 Å². The average molecular weight is 156 g/mol. The number of carbonyl (C=O) groups excluding carboxylic acids is 1. The Labute approximate surface area is 56.0 Å². The molecule has 0 saturated heterocycles. The molecule has 2 unspecified atom stereocenters. The first-order valence-electron chi connectivity index (χ1n) is 2.53. The minimum atomic E-state index is -2.97. The predicted molar refractivity (Wildman–Crippen MR) is 27.8 cm³/mol. The van der Waals surface area contributed by atoms with Crippen LogP contribution in [0.3, 0.4) is 0 Å². The summed E-state index contributed by atoms with van der Waals surface area (Å²) in [6.45, 7) is 0. The molecule has 0 rings (SSSR count). The number of hydrogen-bond donors (Lipinski definition) is 0. The van der Waals surface area contributed by atoms with Crippen molar-refractivity contribution in [3.63, 3.8) is 0 Å². The van der Waals surface area contributed by atoms with E-state index in [9.17, 15) is 18.0 Å². The van der Waals surface area contributed by atoms with E-state index < -0.39 is 18.7 Å². The van der Waals surface area contributed by atoms with Crippen LogP contribution in [0.4, 0.5) is 13.2 Å². The van der Waals surface area contributed by atoms with Gasteiger partial charge in [0, 0.05) is 7.11 Å². The lowest BCUT2D eigenvalue weighted by atomic mass is 10.2. The van der Waals surface area contributed by atoms with E-state index in [-0.39, 0.29) is 6.29 Å². The molecule has 0 aliphatic rings. The molecule has 0 radical (unpaired) electrons. The van der Waals surface area contributed by atoms with Gasteiger partial charge in [0.2, 0.25) is 0 Å². The maximum Gasteiger partial charge on any atom is 0.267 e. The van der Waals surface area contributed by atoms with Crippen molar-refractivity contribution in [1.29, 1.82) is 0 Å². The van der Waals surface area contributed by atoms with Crippen LogP contribution in [0.15, 0.2) is 0 Å². The highest BCUT2D eigenvalue weighted by atomic mass is 19.3. The number of carbonyl (C=O) groups is 1. The van der Waals surface area contributed by atoms with E-state index >= 15 is 0 Å². The van der Waals surface area contributed by atoms with Crippen LogP contribution in [0.25, 0.3) is 0 Å². The fraction of sp³-hybridized carbons (Fsp3) is 0.800. The minimum absolute atomic E-state index is 0.208. The Bertz CT molecular complexity index is 107. The molecule has 10 heavy (non-hydrogen) atoms. The van der Waals surface area contributed by atoms with E-state index in [1.807, 2.05) is 0 Å². The first kappa shape index (κ1) is 9.42. The Hall–Kier alpha value is -0.580. The Morgan fingerprint density at radius 3 is 2.00 bits per heavy atom. The summed E-state index contributed by atoms with van der Waals surface area (Å²) in [5.74, 6) is 0. The smallest absolute Gasteiger partial charge is 0.267 e. The molecule has 0 amide bonds. The summed E-state index contributed by atoms with van der Waals surface area (Å²) in [4.78, 5) is 9.62. The molecule has 0 aliphatic heterocycles. The monoisotopic (exact) mass is 156 g/mol. The average Bonchev–Trinajstić information content (AvgIpc) is 1.88. The van der Waals surface area contributed by atoms with Gasteiger partial charge in [0.05, 0.1) is 0 Å². The molecule has 0 heterocycles. The SMILES string of the molecule is COC(C(F)F)C(F)C=O. The molecule has 0 aromatic carbocycles. The molecule has 0 aliphatic carbocycles. The van der Waals surface area contributed by atoms with E-state index in [1.165, 1.54) is 0 Å². The predicted octanol–water partition coefficient (Wildman–Crippen LogP) is 0.804. The van der Waals surface area contributed by atoms with Gasteiger partial charge in [-0.05, 0) is 0 Å². The zero-order chi connectivity index (χ0) is 8.15. The standard InChI is InChI=1S/C5H7F3O2/c1-10-4(5(7)8)3(6)2-9/h2-5H,1H3. The first-order valence-corrected chi connectivity index (χ1v) is 2.53. The quantitative estimate of drug-likeness (QED) is 0.563. The second-order valence-corrected chi connectivity index (χ2v) is 1.62. The molecule has 5 heteroatoms. The van der Waals surface area contributed by atoms with Crippen molar-refractivity contribution in [2.45, 2.75) is 18.7 Å². The van der Waals surface area contributed by atoms with Crippen molar-refractivity contribution in [1.82, 2.24) is 0 Å². The summed E-state index contributed by atoms with van der Waals surface area (Å²) < 4.78 is 39.3. The van der Waals surface area contributed by atoms with Gasteiger partial charge in [0.15, 0.2) is 18.6 Å². The molecule has 0 spiro atoms. The summed E-state index contributed by atoms with van der Waals surface area (Å²) >= 11 is 0. The molecule has 0 fully saturated rings. The van der Waals surface area contributed by atoms with Crippen molar-refractivity contribution in [3.8, 4) is 0 Å². The van der Waals surface area contributed by atoms with Crippen LogP contribution >= 0.6 is 0 Å². The fourth-order valence-corrected chi connectivity index (χ4v) is 0.449. The van der Waals surface area contributed by atoms with Crippen LogP contribution in [-0.4, -0.2) is 32.1 Å². The van der Waals surface area contributed by atoms with Crippen molar-refractivity contribution < 1.29 is 22.7 Å². The van der Waals surface area contributed by atoms with Crippen LogP contribution in [0.2, 0.25) is 0 Å². The highest BCUT2D eigenvalue weighted by Crippen LogP contribution is 2.10. The Morgan fingerprint density at radius 2 is 1.90 bits per heavy atom. The molecule has 2 atom stereocenters. The number of ether oxygens (including phenoxy) is 1. The lowest BCUT2D eigenvalue weighted by molar-refractivity contribution is -0.124. The summed E-state index contributed by atoms with van der Waals surface area (Å²) in [7, 11) is 0.924. The van der Waals surface area contributed by atoms with Gasteiger partial charge in [-0.1, -0.05) is 0 Å². The number of alkyl halides is 3. The molecular weight excluding hydrogens is 149 g/mol. The number of rotatable bonds is 4. The molecule has 0 bridgehead atoms. The van der Waals surface area contributed by atoms with E-state index in [4.69, 9.17) is 0 Å². The van der Waals surface area contributed by atoms with E-state index in [0.717, 1.165) is 7.11 Å². The Morgan fingerprint density at radius 1 is 1.40 bits per heavy atom. The Kier molecular flexibility index (Phi) is 4.02. The van der Waals surface area contributed by atoms with Gasteiger partial charge in [-0.3, -0.25) is 0 Å². The van der Waals surface area contributed by atoms with Crippen LogP contribution in [0, 0.1) is 0 Å². The van der Waals surface area contributed by atoms with Gasteiger partial charge < -0.3 is 9.53 Å². The van der Waals surface area contributed by atoms with Crippen molar-refractivity contribution in [2.75, 3.05) is 7.11 Å². The largest absolute Gasteiger partial charge is 0.372 e. The van der Waals surface area contributed by atoms with Crippen LogP contribution in [0.1, 0.15) is 0 Å². The third-order valence-electron chi connectivity index (χ3n) is 0.964. The second kappa shape index (κ2) is 4.27. The van der Waals surface area contributed by atoms with Crippen LogP contribution in [0.5, 0.6) is 0 Å². The minimum Gasteiger partial charge on any atom is -0.372 e. The lowest BCUT2D eigenvalue weighted by Crippen LogP contribution is -2.32. The molecule has 0 N–H and O–H groups in total. The third kappa shape index (κ3) is 2.34. The van der Waals surface area contributed by atoms with Crippen molar-refractivity contribution >= 4 is 6.29 Å². The zero-order valence-corrected chi connectivity index (χ0v) is 5.26. The third-order valence-corrected chi connectivity index (χ3v) is 0.964. The van der Waals surface area contributed by atoms with Crippen molar-refractivity contribution in [2.24, 2.45) is 0 Å². The van der Waals surface area contributed by atoms with Crippen LogP contribution < -0.4 is 0 Å². The Balaban J connectivity index is 3.92. The van der Waals surface area contributed by atoms with Crippen molar-refractivity contribution in [3.05, 3.63) is 0 Å². The molecular formula is C5H7F3O2. The van der Waals surface area contributed by atoms with Crippen LogP contribution in [-0.2, 0) is 9.53 Å². The van der Waals surface area contributed by atoms with Gasteiger partial charge in [0.1, 0.15) is 0 Å². The normalized spacial score (nSPS) is 16.9. The highest BCUT2D eigenvalue weighted by molar-refractivity contribution is 5.56. The lowest BCUT2D eigenvalue weighted by Gasteiger charge is -2.13. The molecule has 2 nitrogen and oxygen atoms in total. The topological polar surface area (TPSA) is 26.3 Å². The highest BCUT2D eigenvalue weighted by Gasteiger charge is 2.29. The number of hydrogen-bond acceptors (Lipinski definition) is 2. The molecule has 0 aromatic heterocycles. The summed E-state index contributed by atoms with van der Waals surface area (Å²) in [5.41, 5.74) is 0. The molecule has 0 aromatic rings. The second-order valence-electron chi connectivity index (χ2n) is 1.62. The van der Waals surface area contributed by atoms with Gasteiger partial charge in [-0.25, -0.2) is 13.2 Å². The van der Waals surface area contributed by atoms with E-state index in [1.54, 1.807) is 0 Å². The van der Waals surface area contributed by atoms with Gasteiger partial charge >= 0.3 is 0 Å².